The van der Waals surface area contributed by atoms with E-state index in [0.29, 0.717) is 22.9 Å². The van der Waals surface area contributed by atoms with Gasteiger partial charge in [0.1, 0.15) is 17.1 Å². The van der Waals surface area contributed by atoms with E-state index in [1.54, 1.807) is 24.3 Å². The first-order valence-electron chi connectivity index (χ1n) is 9.81. The molecule has 2 amide bonds. The second-order valence-electron chi connectivity index (χ2n) is 7.09. The minimum absolute atomic E-state index is 0.0186. The second kappa shape index (κ2) is 8.68. The Bertz CT molecular complexity index is 1260. The van der Waals surface area contributed by atoms with E-state index in [1.807, 2.05) is 54.1 Å². The lowest BCUT2D eigenvalue weighted by molar-refractivity contribution is -0.122. The van der Waals surface area contributed by atoms with Crippen LogP contribution in [-0.4, -0.2) is 35.7 Å². The summed E-state index contributed by atoms with van der Waals surface area (Å²) in [5.41, 5.74) is 3.08. The summed E-state index contributed by atoms with van der Waals surface area (Å²) in [4.78, 5) is 27.4. The number of rotatable bonds is 5. The van der Waals surface area contributed by atoms with Gasteiger partial charge >= 0.3 is 0 Å². The van der Waals surface area contributed by atoms with Crippen molar-refractivity contribution in [1.29, 1.82) is 0 Å². The maximum atomic E-state index is 13.4. The van der Waals surface area contributed by atoms with Crippen LogP contribution in [-0.2, 0) is 9.59 Å². The summed E-state index contributed by atoms with van der Waals surface area (Å²) in [6.07, 6.45) is 3.45. The van der Waals surface area contributed by atoms with E-state index in [9.17, 15) is 9.59 Å². The van der Waals surface area contributed by atoms with E-state index in [4.69, 9.17) is 21.7 Å². The molecular weight excluding hydrogens is 426 g/mol. The maximum Gasteiger partial charge on any atom is 0.270 e. The largest absolute Gasteiger partial charge is 0.497 e. The van der Waals surface area contributed by atoms with E-state index in [2.05, 4.69) is 5.32 Å². The number of carbonyl (C=O) groups excluding carboxylic acids is 2. The number of thiocarbonyl (C=S) groups is 1. The number of para-hydroxylation sites is 1. The lowest BCUT2D eigenvalue weighted by Crippen LogP contribution is -2.54. The van der Waals surface area contributed by atoms with Gasteiger partial charge in [0, 0.05) is 23.6 Å². The number of hydrogen-bond donors (Lipinski definition) is 1. The predicted molar refractivity (Wildman–Crippen MR) is 126 cm³/mol. The predicted octanol–water partition coefficient (Wildman–Crippen LogP) is 3.63. The Kier molecular flexibility index (Phi) is 5.79. The lowest BCUT2D eigenvalue weighted by atomic mass is 10.1. The van der Waals surface area contributed by atoms with E-state index in [1.165, 1.54) is 19.1 Å². The van der Waals surface area contributed by atoms with Crippen molar-refractivity contribution in [2.75, 3.05) is 19.1 Å². The molecule has 0 unspecified atom stereocenters. The number of anilines is 1. The summed E-state index contributed by atoms with van der Waals surface area (Å²) < 4.78 is 12.6. The normalized spacial score (nSPS) is 15.2. The molecule has 1 saturated heterocycles. The number of amides is 2. The van der Waals surface area contributed by atoms with Crippen molar-refractivity contribution >= 4 is 40.9 Å². The standard InChI is InChI=1S/C24H21N3O4S/c1-15-7-4-5-9-19(15)26-12-6-8-16(26)13-18-22(28)25-24(32)27(23(18)29)20-11-10-17(30-2)14-21(20)31-3/h4-14H,1-3H3,(H,25,28,32)/b18-13+. The van der Waals surface area contributed by atoms with Crippen LogP contribution in [0.3, 0.4) is 0 Å². The van der Waals surface area contributed by atoms with Crippen LogP contribution in [0.25, 0.3) is 11.8 Å². The number of aromatic nitrogens is 1. The topological polar surface area (TPSA) is 72.8 Å². The van der Waals surface area contributed by atoms with Crippen LogP contribution in [0.4, 0.5) is 5.69 Å². The number of nitrogens with zero attached hydrogens (tertiary/aromatic N) is 2. The number of carbonyl (C=O) groups is 2. The fourth-order valence-corrected chi connectivity index (χ4v) is 3.83. The first-order valence-corrected chi connectivity index (χ1v) is 10.2. The van der Waals surface area contributed by atoms with Crippen LogP contribution in [0, 0.1) is 6.92 Å². The van der Waals surface area contributed by atoms with Gasteiger partial charge in [-0.05, 0) is 61.1 Å². The summed E-state index contributed by atoms with van der Waals surface area (Å²) >= 11 is 5.31. The SMILES string of the molecule is COc1ccc(N2C(=O)/C(=C/c3cccn3-c3ccccc3C)C(=O)NC2=S)c(OC)c1. The zero-order chi connectivity index (χ0) is 22.8. The molecule has 0 bridgehead atoms. The fourth-order valence-electron chi connectivity index (χ4n) is 3.56. The Labute approximate surface area is 190 Å². The molecule has 0 atom stereocenters. The Hall–Kier alpha value is -3.91. The Morgan fingerprint density at radius 3 is 2.47 bits per heavy atom. The van der Waals surface area contributed by atoms with E-state index in [0.717, 1.165) is 11.3 Å². The van der Waals surface area contributed by atoms with Gasteiger partial charge in [-0.1, -0.05) is 18.2 Å². The summed E-state index contributed by atoms with van der Waals surface area (Å²) in [6, 6.07) is 16.6. The molecule has 1 fully saturated rings. The highest BCUT2D eigenvalue weighted by Crippen LogP contribution is 2.34. The number of nitrogens with one attached hydrogen (secondary N) is 1. The quantitative estimate of drug-likeness (QED) is 0.367. The van der Waals surface area contributed by atoms with Gasteiger partial charge in [0.15, 0.2) is 5.11 Å². The first-order chi connectivity index (χ1) is 15.4. The number of methoxy groups -OCH3 is 2. The van der Waals surface area contributed by atoms with Gasteiger partial charge in [0.2, 0.25) is 0 Å². The number of benzene rings is 2. The van der Waals surface area contributed by atoms with Crippen LogP contribution >= 0.6 is 12.2 Å². The summed E-state index contributed by atoms with van der Waals surface area (Å²) in [6.45, 7) is 2.00. The third-order valence-corrected chi connectivity index (χ3v) is 5.46. The first kappa shape index (κ1) is 21.3. The van der Waals surface area contributed by atoms with Gasteiger partial charge < -0.3 is 14.0 Å². The molecule has 1 N–H and O–H groups in total. The van der Waals surface area contributed by atoms with Crippen LogP contribution in [0.5, 0.6) is 11.5 Å². The van der Waals surface area contributed by atoms with Gasteiger partial charge in [0.05, 0.1) is 19.9 Å². The lowest BCUT2D eigenvalue weighted by Gasteiger charge is -2.30. The highest BCUT2D eigenvalue weighted by Gasteiger charge is 2.36. The van der Waals surface area contributed by atoms with Crippen molar-refractivity contribution < 1.29 is 19.1 Å². The molecule has 1 aromatic heterocycles. The molecule has 1 aliphatic rings. The maximum absolute atomic E-state index is 13.4. The van der Waals surface area contributed by atoms with Crippen molar-refractivity contribution in [3.8, 4) is 17.2 Å². The van der Waals surface area contributed by atoms with Crippen molar-refractivity contribution in [3.63, 3.8) is 0 Å². The highest BCUT2D eigenvalue weighted by atomic mass is 32.1. The van der Waals surface area contributed by atoms with Crippen molar-refractivity contribution in [3.05, 3.63) is 77.6 Å². The van der Waals surface area contributed by atoms with Gasteiger partial charge in [-0.15, -0.1) is 0 Å². The summed E-state index contributed by atoms with van der Waals surface area (Å²) in [5, 5.41) is 2.59. The summed E-state index contributed by atoms with van der Waals surface area (Å²) in [7, 11) is 3.02. The molecule has 0 spiro atoms. The molecule has 2 aromatic carbocycles. The average Bonchev–Trinajstić information content (AvgIpc) is 3.25. The van der Waals surface area contributed by atoms with Gasteiger partial charge in [-0.25, -0.2) is 4.90 Å². The Morgan fingerprint density at radius 2 is 1.75 bits per heavy atom. The van der Waals surface area contributed by atoms with Crippen molar-refractivity contribution in [2.24, 2.45) is 0 Å². The Morgan fingerprint density at radius 1 is 0.969 bits per heavy atom. The van der Waals surface area contributed by atoms with Crippen molar-refractivity contribution in [2.45, 2.75) is 6.92 Å². The Balaban J connectivity index is 1.78. The summed E-state index contributed by atoms with van der Waals surface area (Å²) in [5.74, 6) is -0.142. The second-order valence-corrected chi connectivity index (χ2v) is 7.47. The third kappa shape index (κ3) is 3.76. The zero-order valence-electron chi connectivity index (χ0n) is 17.8. The molecule has 0 aliphatic carbocycles. The van der Waals surface area contributed by atoms with Crippen LogP contribution in [0.2, 0.25) is 0 Å². The molecule has 2 heterocycles. The van der Waals surface area contributed by atoms with Crippen LogP contribution in [0.15, 0.2) is 66.4 Å². The molecule has 4 rings (SSSR count). The third-order valence-electron chi connectivity index (χ3n) is 5.18. The molecule has 1 aliphatic heterocycles. The molecule has 162 valence electrons. The molecule has 7 nitrogen and oxygen atoms in total. The molecular formula is C24H21N3O4S. The van der Waals surface area contributed by atoms with Gasteiger partial charge in [-0.3, -0.25) is 14.9 Å². The molecule has 8 heteroatoms. The number of aryl methyl sites for hydroxylation is 1. The van der Waals surface area contributed by atoms with E-state index < -0.39 is 11.8 Å². The minimum atomic E-state index is -0.554. The fraction of sp³-hybridized carbons (Fsp3) is 0.125. The van der Waals surface area contributed by atoms with Crippen molar-refractivity contribution in [1.82, 2.24) is 9.88 Å². The van der Waals surface area contributed by atoms with Crippen LogP contribution < -0.4 is 19.7 Å². The average molecular weight is 448 g/mol. The highest BCUT2D eigenvalue weighted by molar-refractivity contribution is 7.80. The smallest absolute Gasteiger partial charge is 0.270 e. The molecule has 3 aromatic rings. The van der Waals surface area contributed by atoms with Gasteiger partial charge in [-0.2, -0.15) is 0 Å². The number of ether oxygens (including phenoxy) is 2. The minimum Gasteiger partial charge on any atom is -0.497 e. The molecule has 0 saturated carbocycles. The molecule has 32 heavy (non-hydrogen) atoms. The molecule has 0 radical (unpaired) electrons. The monoisotopic (exact) mass is 447 g/mol. The van der Waals surface area contributed by atoms with Gasteiger partial charge in [0.25, 0.3) is 11.8 Å². The van der Waals surface area contributed by atoms with E-state index in [-0.39, 0.29) is 10.7 Å². The van der Waals surface area contributed by atoms with E-state index >= 15 is 0 Å². The van der Waals surface area contributed by atoms with Crippen LogP contribution in [0.1, 0.15) is 11.3 Å². The zero-order valence-corrected chi connectivity index (χ0v) is 18.6. The number of hydrogen-bond acceptors (Lipinski definition) is 5.